The Morgan fingerprint density at radius 3 is 2.48 bits per heavy atom. The van der Waals surface area contributed by atoms with Crippen LogP contribution >= 0.6 is 0 Å². The predicted octanol–water partition coefficient (Wildman–Crippen LogP) is 1.29. The number of carbonyl (C=O) groups is 1. The maximum Gasteiger partial charge on any atom is 0.307 e. The van der Waals surface area contributed by atoms with E-state index in [9.17, 15) is 13.2 Å². The number of sulfonamides is 1. The lowest BCUT2D eigenvalue weighted by Crippen LogP contribution is -2.35. The number of aliphatic carboxylic acids is 1. The van der Waals surface area contributed by atoms with Crippen LogP contribution in [-0.2, 0) is 21.2 Å². The van der Waals surface area contributed by atoms with Crippen LogP contribution in [0.5, 0.6) is 0 Å². The molecule has 118 valence electrons. The summed E-state index contributed by atoms with van der Waals surface area (Å²) >= 11 is 0. The first-order valence-corrected chi connectivity index (χ1v) is 8.54. The summed E-state index contributed by atoms with van der Waals surface area (Å²) in [5.41, 5.74) is 0.882. The average Bonchev–Trinajstić information content (AvgIpc) is 2.42. The minimum Gasteiger partial charge on any atom is -0.481 e. The number of pyridine rings is 1. The standard InChI is InChI=1S/C14H22N2O4S/c1-11(2)9-13(14(17)18)10-16-21(19,20)8-5-12-3-6-15-7-4-12/h3-4,6-7,11,13,16H,5,8-10H2,1-2H3,(H,17,18). The molecule has 0 aromatic carbocycles. The van der Waals surface area contributed by atoms with E-state index in [4.69, 9.17) is 5.11 Å². The summed E-state index contributed by atoms with van der Waals surface area (Å²) in [5.74, 6) is -1.53. The molecular weight excluding hydrogens is 292 g/mol. The quantitative estimate of drug-likeness (QED) is 0.716. The third kappa shape index (κ3) is 7.19. The lowest BCUT2D eigenvalue weighted by molar-refractivity contribution is -0.142. The van der Waals surface area contributed by atoms with Gasteiger partial charge in [-0.1, -0.05) is 13.8 Å². The Labute approximate surface area is 125 Å². The van der Waals surface area contributed by atoms with Gasteiger partial charge in [-0.2, -0.15) is 0 Å². The normalized spacial score (nSPS) is 13.3. The molecule has 0 saturated carbocycles. The van der Waals surface area contributed by atoms with Crippen LogP contribution in [0.15, 0.2) is 24.5 Å². The van der Waals surface area contributed by atoms with Gasteiger partial charge < -0.3 is 5.11 Å². The number of nitrogens with one attached hydrogen (secondary N) is 1. The van der Waals surface area contributed by atoms with Gasteiger partial charge in [0, 0.05) is 18.9 Å². The molecule has 1 atom stereocenters. The van der Waals surface area contributed by atoms with Gasteiger partial charge in [-0.25, -0.2) is 13.1 Å². The Morgan fingerprint density at radius 2 is 1.95 bits per heavy atom. The van der Waals surface area contributed by atoms with Gasteiger partial charge in [0.25, 0.3) is 0 Å². The van der Waals surface area contributed by atoms with Crippen molar-refractivity contribution < 1.29 is 18.3 Å². The molecule has 1 aromatic heterocycles. The first kappa shape index (κ1) is 17.6. The Kier molecular flexibility index (Phi) is 6.77. The van der Waals surface area contributed by atoms with Crippen molar-refractivity contribution in [2.75, 3.05) is 12.3 Å². The van der Waals surface area contributed by atoms with Crippen LogP contribution in [0.1, 0.15) is 25.8 Å². The van der Waals surface area contributed by atoms with Crippen LogP contribution in [-0.4, -0.2) is 36.8 Å². The Hall–Kier alpha value is -1.47. The summed E-state index contributed by atoms with van der Waals surface area (Å²) in [6, 6.07) is 3.52. The van der Waals surface area contributed by atoms with Gasteiger partial charge in [0.1, 0.15) is 0 Å². The third-order valence-corrected chi connectivity index (χ3v) is 4.41. The number of carboxylic acids is 1. The largest absolute Gasteiger partial charge is 0.481 e. The summed E-state index contributed by atoms with van der Waals surface area (Å²) in [5, 5.41) is 9.09. The molecule has 0 saturated heterocycles. The second-order valence-electron chi connectivity index (χ2n) is 5.44. The third-order valence-electron chi connectivity index (χ3n) is 3.06. The van der Waals surface area contributed by atoms with Gasteiger partial charge in [-0.3, -0.25) is 9.78 Å². The summed E-state index contributed by atoms with van der Waals surface area (Å²) in [4.78, 5) is 15.0. The van der Waals surface area contributed by atoms with Crippen LogP contribution in [0.2, 0.25) is 0 Å². The van der Waals surface area contributed by atoms with Crippen molar-refractivity contribution in [1.29, 1.82) is 0 Å². The molecule has 1 unspecified atom stereocenters. The Bertz CT molecular complexity index is 543. The lowest BCUT2D eigenvalue weighted by atomic mass is 9.98. The topological polar surface area (TPSA) is 96.4 Å². The lowest BCUT2D eigenvalue weighted by Gasteiger charge is -2.15. The predicted molar refractivity (Wildman–Crippen MR) is 80.3 cm³/mol. The van der Waals surface area contributed by atoms with Crippen molar-refractivity contribution in [2.24, 2.45) is 11.8 Å². The molecule has 2 N–H and O–H groups in total. The van der Waals surface area contributed by atoms with Gasteiger partial charge >= 0.3 is 5.97 Å². The minimum absolute atomic E-state index is 0.0633. The summed E-state index contributed by atoms with van der Waals surface area (Å²) in [6.07, 6.45) is 4.04. The molecule has 0 spiro atoms. The molecule has 0 aliphatic rings. The van der Waals surface area contributed by atoms with Crippen LogP contribution in [0.4, 0.5) is 0 Å². The fraction of sp³-hybridized carbons (Fsp3) is 0.571. The van der Waals surface area contributed by atoms with Crippen molar-refractivity contribution in [1.82, 2.24) is 9.71 Å². The molecule has 7 heteroatoms. The number of nitrogens with zero attached hydrogens (tertiary/aromatic N) is 1. The van der Waals surface area contributed by atoms with Gasteiger partial charge in [-0.15, -0.1) is 0 Å². The zero-order chi connectivity index (χ0) is 15.9. The molecule has 21 heavy (non-hydrogen) atoms. The fourth-order valence-electron chi connectivity index (χ4n) is 1.94. The molecule has 0 aliphatic carbocycles. The van der Waals surface area contributed by atoms with Crippen molar-refractivity contribution in [3.05, 3.63) is 30.1 Å². The minimum atomic E-state index is -3.48. The molecule has 0 aliphatic heterocycles. The van der Waals surface area contributed by atoms with E-state index in [1.54, 1.807) is 24.5 Å². The van der Waals surface area contributed by atoms with E-state index in [1.807, 2.05) is 13.8 Å². The van der Waals surface area contributed by atoms with Crippen molar-refractivity contribution in [3.8, 4) is 0 Å². The highest BCUT2D eigenvalue weighted by molar-refractivity contribution is 7.89. The van der Waals surface area contributed by atoms with E-state index in [0.717, 1.165) is 5.56 Å². The first-order chi connectivity index (χ1) is 9.80. The monoisotopic (exact) mass is 314 g/mol. The summed E-state index contributed by atoms with van der Waals surface area (Å²) < 4.78 is 26.2. The highest BCUT2D eigenvalue weighted by Gasteiger charge is 2.21. The van der Waals surface area contributed by atoms with Crippen LogP contribution in [0, 0.1) is 11.8 Å². The van der Waals surface area contributed by atoms with E-state index < -0.39 is 21.9 Å². The number of aromatic nitrogens is 1. The zero-order valence-corrected chi connectivity index (χ0v) is 13.1. The Morgan fingerprint density at radius 1 is 1.33 bits per heavy atom. The summed E-state index contributed by atoms with van der Waals surface area (Å²) in [7, 11) is -3.48. The van der Waals surface area contributed by atoms with E-state index >= 15 is 0 Å². The van der Waals surface area contributed by atoms with Crippen LogP contribution in [0.3, 0.4) is 0 Å². The number of hydrogen-bond donors (Lipinski definition) is 2. The summed E-state index contributed by atoms with van der Waals surface area (Å²) in [6.45, 7) is 3.76. The average molecular weight is 314 g/mol. The van der Waals surface area contributed by atoms with Gasteiger partial charge in [0.15, 0.2) is 0 Å². The second kappa shape index (κ2) is 8.09. The first-order valence-electron chi connectivity index (χ1n) is 6.89. The maximum atomic E-state index is 11.9. The highest BCUT2D eigenvalue weighted by Crippen LogP contribution is 2.11. The van der Waals surface area contributed by atoms with Crippen molar-refractivity contribution in [3.63, 3.8) is 0 Å². The molecule has 1 rings (SSSR count). The highest BCUT2D eigenvalue weighted by atomic mass is 32.2. The van der Waals surface area contributed by atoms with E-state index in [1.165, 1.54) is 0 Å². The van der Waals surface area contributed by atoms with E-state index in [0.29, 0.717) is 12.8 Å². The number of rotatable bonds is 9. The van der Waals surface area contributed by atoms with Crippen LogP contribution in [0.25, 0.3) is 0 Å². The second-order valence-corrected chi connectivity index (χ2v) is 7.36. The molecule has 0 amide bonds. The van der Waals surface area contributed by atoms with Crippen molar-refractivity contribution in [2.45, 2.75) is 26.7 Å². The van der Waals surface area contributed by atoms with Gasteiger partial charge in [0.05, 0.1) is 11.7 Å². The van der Waals surface area contributed by atoms with Gasteiger partial charge in [0.2, 0.25) is 10.0 Å². The number of hydrogen-bond acceptors (Lipinski definition) is 4. The zero-order valence-electron chi connectivity index (χ0n) is 12.3. The number of carboxylic acid groups (broad SMARTS) is 1. The molecule has 0 fully saturated rings. The fourth-order valence-corrected chi connectivity index (χ4v) is 3.05. The Balaban J connectivity index is 2.49. The SMILES string of the molecule is CC(C)CC(CNS(=O)(=O)CCc1ccncc1)C(=O)O. The van der Waals surface area contributed by atoms with Crippen LogP contribution < -0.4 is 4.72 Å². The molecular formula is C14H22N2O4S. The molecule has 0 radical (unpaired) electrons. The van der Waals surface area contributed by atoms with E-state index in [-0.39, 0.29) is 18.2 Å². The molecule has 0 bridgehead atoms. The maximum absolute atomic E-state index is 11.9. The molecule has 1 aromatic rings. The van der Waals surface area contributed by atoms with E-state index in [2.05, 4.69) is 9.71 Å². The smallest absolute Gasteiger partial charge is 0.307 e. The molecule has 1 heterocycles. The van der Waals surface area contributed by atoms with Crippen molar-refractivity contribution >= 4 is 16.0 Å². The number of aryl methyl sites for hydroxylation is 1. The molecule has 6 nitrogen and oxygen atoms in total. The van der Waals surface area contributed by atoms with Gasteiger partial charge in [-0.05, 0) is 36.5 Å².